The molecule has 2 N–H and O–H groups in total. The molecule has 1 aliphatic heterocycles. The molecule has 5 heteroatoms. The van der Waals surface area contributed by atoms with Crippen LogP contribution in [-0.2, 0) is 11.2 Å². The third-order valence-electron chi connectivity index (χ3n) is 6.32. The Bertz CT molecular complexity index is 820. The molecule has 2 aliphatic rings. The highest BCUT2D eigenvalue weighted by atomic mass is 35.5. The Hall–Kier alpha value is -1.59. The van der Waals surface area contributed by atoms with Crippen LogP contribution in [0.15, 0.2) is 42.5 Å². The minimum atomic E-state index is -0.845. The van der Waals surface area contributed by atoms with Crippen molar-refractivity contribution in [2.45, 2.75) is 82.4 Å². The minimum absolute atomic E-state index is 0.249. The van der Waals surface area contributed by atoms with Gasteiger partial charge in [0.2, 0.25) is 0 Å². The Morgan fingerprint density at radius 3 is 2.47 bits per heavy atom. The number of ether oxygens (including phenoxy) is 2. The average Bonchev–Trinajstić information content (AvgIpc) is 2.75. The number of hydrogen-bond donors (Lipinski definition) is 2. The second-order valence-corrected chi connectivity index (χ2v) is 9.08. The summed E-state index contributed by atoms with van der Waals surface area (Å²) in [6.07, 6.45) is 5.30. The van der Waals surface area contributed by atoms with Gasteiger partial charge in [0.15, 0.2) is 0 Å². The van der Waals surface area contributed by atoms with E-state index < -0.39 is 18.3 Å². The van der Waals surface area contributed by atoms with Crippen LogP contribution in [0.3, 0.4) is 0 Å². The second kappa shape index (κ2) is 9.69. The van der Waals surface area contributed by atoms with Crippen LogP contribution in [0.25, 0.3) is 0 Å². The molecule has 0 amide bonds. The Morgan fingerprint density at radius 2 is 1.77 bits per heavy atom. The van der Waals surface area contributed by atoms with Crippen molar-refractivity contribution in [3.8, 4) is 5.75 Å². The van der Waals surface area contributed by atoms with E-state index in [4.69, 9.17) is 21.1 Å². The third kappa shape index (κ3) is 5.17. The molecule has 4 nitrogen and oxygen atoms in total. The van der Waals surface area contributed by atoms with E-state index in [1.165, 1.54) is 24.8 Å². The van der Waals surface area contributed by atoms with Crippen molar-refractivity contribution >= 4 is 11.6 Å². The Labute approximate surface area is 183 Å². The van der Waals surface area contributed by atoms with E-state index in [0.717, 1.165) is 29.7 Å². The van der Waals surface area contributed by atoms with Crippen LogP contribution in [0.2, 0.25) is 5.02 Å². The summed E-state index contributed by atoms with van der Waals surface area (Å²) < 4.78 is 12.0. The lowest BCUT2D eigenvalue weighted by Crippen LogP contribution is -2.43. The molecule has 4 atom stereocenters. The molecule has 0 spiro atoms. The highest BCUT2D eigenvalue weighted by Crippen LogP contribution is 2.34. The molecular formula is C25H31ClO4. The molecule has 0 radical (unpaired) electrons. The number of aliphatic hydroxyl groups excluding tert-OH is 2. The minimum Gasteiger partial charge on any atom is -0.490 e. The molecule has 1 saturated carbocycles. The van der Waals surface area contributed by atoms with Gasteiger partial charge >= 0.3 is 0 Å². The van der Waals surface area contributed by atoms with Crippen LogP contribution < -0.4 is 4.74 Å². The van der Waals surface area contributed by atoms with Gasteiger partial charge in [0.05, 0.1) is 24.4 Å². The van der Waals surface area contributed by atoms with E-state index in [0.29, 0.717) is 24.0 Å². The van der Waals surface area contributed by atoms with E-state index in [2.05, 4.69) is 18.2 Å². The van der Waals surface area contributed by atoms with Crippen LogP contribution in [0.1, 0.15) is 68.2 Å². The summed E-state index contributed by atoms with van der Waals surface area (Å²) in [7, 11) is 0. The van der Waals surface area contributed by atoms with Crippen molar-refractivity contribution in [2.75, 3.05) is 0 Å². The summed E-state index contributed by atoms with van der Waals surface area (Å²) >= 11 is 6.47. The number of benzene rings is 2. The van der Waals surface area contributed by atoms with Gasteiger partial charge in [-0.05, 0) is 73.9 Å². The monoisotopic (exact) mass is 430 g/mol. The maximum atomic E-state index is 10.1. The third-order valence-corrected chi connectivity index (χ3v) is 6.69. The largest absolute Gasteiger partial charge is 0.490 e. The van der Waals surface area contributed by atoms with Gasteiger partial charge in [0, 0.05) is 11.4 Å². The van der Waals surface area contributed by atoms with E-state index in [9.17, 15) is 10.2 Å². The van der Waals surface area contributed by atoms with Crippen LogP contribution >= 0.6 is 11.6 Å². The predicted octanol–water partition coefficient (Wildman–Crippen LogP) is 5.21. The topological polar surface area (TPSA) is 58.9 Å². The molecule has 2 aromatic rings. The van der Waals surface area contributed by atoms with Crippen molar-refractivity contribution in [2.24, 2.45) is 0 Å². The summed E-state index contributed by atoms with van der Waals surface area (Å²) in [6.45, 7) is 1.79. The van der Waals surface area contributed by atoms with Crippen LogP contribution in [0.5, 0.6) is 5.75 Å². The smallest absolute Gasteiger partial charge is 0.119 e. The van der Waals surface area contributed by atoms with Gasteiger partial charge in [0.25, 0.3) is 0 Å². The van der Waals surface area contributed by atoms with Gasteiger partial charge in [-0.15, -0.1) is 0 Å². The lowest BCUT2D eigenvalue weighted by molar-refractivity contribution is -0.163. The summed E-state index contributed by atoms with van der Waals surface area (Å²) in [4.78, 5) is 0. The standard InChI is InChI=1S/C25H31ClO4/c1-16-25(28)23(27)15-24(29-16)18-9-12-22(26)19(14-18)13-17-7-10-21(11-8-17)30-20-5-3-2-4-6-20/h7-12,14,16,20,23-25,27-28H,2-6,13,15H2,1H3. The predicted molar refractivity (Wildman–Crippen MR) is 118 cm³/mol. The lowest BCUT2D eigenvalue weighted by atomic mass is 9.93. The van der Waals surface area contributed by atoms with E-state index in [1.54, 1.807) is 6.92 Å². The summed E-state index contributed by atoms with van der Waals surface area (Å²) in [5, 5.41) is 20.8. The molecule has 0 aromatic heterocycles. The zero-order valence-electron chi connectivity index (χ0n) is 17.5. The van der Waals surface area contributed by atoms with Gasteiger partial charge in [-0.1, -0.05) is 42.3 Å². The SMILES string of the molecule is CC1OC(c2ccc(Cl)c(Cc3ccc(OC4CCCCC4)cc3)c2)CC(O)C1O. The van der Waals surface area contributed by atoms with Gasteiger partial charge in [-0.25, -0.2) is 0 Å². The molecule has 162 valence electrons. The molecule has 4 rings (SSSR count). The fourth-order valence-electron chi connectivity index (χ4n) is 4.49. The van der Waals surface area contributed by atoms with E-state index >= 15 is 0 Å². The number of rotatable bonds is 5. The van der Waals surface area contributed by atoms with Crippen LogP contribution in [0.4, 0.5) is 0 Å². The van der Waals surface area contributed by atoms with Gasteiger partial charge in [0.1, 0.15) is 11.9 Å². The Morgan fingerprint density at radius 1 is 1.03 bits per heavy atom. The summed E-state index contributed by atoms with van der Waals surface area (Å²) in [5.41, 5.74) is 3.16. The first-order chi connectivity index (χ1) is 14.5. The quantitative estimate of drug-likeness (QED) is 0.683. The fourth-order valence-corrected chi connectivity index (χ4v) is 4.68. The first-order valence-corrected chi connectivity index (χ1v) is 11.4. The molecule has 2 fully saturated rings. The van der Waals surface area contributed by atoms with Crippen molar-refractivity contribution in [3.05, 3.63) is 64.2 Å². The lowest BCUT2D eigenvalue weighted by Gasteiger charge is -2.35. The van der Waals surface area contributed by atoms with Crippen molar-refractivity contribution in [1.29, 1.82) is 0 Å². The summed E-state index contributed by atoms with van der Waals surface area (Å²) in [5.74, 6) is 0.933. The molecule has 2 aromatic carbocycles. The van der Waals surface area contributed by atoms with Gasteiger partial charge < -0.3 is 19.7 Å². The number of halogens is 1. The number of hydrogen-bond acceptors (Lipinski definition) is 4. The Balaban J connectivity index is 1.43. The molecular weight excluding hydrogens is 400 g/mol. The highest BCUT2D eigenvalue weighted by Gasteiger charge is 2.34. The van der Waals surface area contributed by atoms with Crippen molar-refractivity contribution < 1.29 is 19.7 Å². The first kappa shape index (κ1) is 21.6. The summed E-state index contributed by atoms with van der Waals surface area (Å²) in [6, 6.07) is 14.2. The molecule has 0 bridgehead atoms. The first-order valence-electron chi connectivity index (χ1n) is 11.0. The zero-order chi connectivity index (χ0) is 21.1. The number of aliphatic hydroxyl groups is 2. The molecule has 1 heterocycles. The molecule has 1 aliphatic carbocycles. The maximum absolute atomic E-state index is 10.1. The van der Waals surface area contributed by atoms with Gasteiger partial charge in [-0.3, -0.25) is 0 Å². The fraction of sp³-hybridized carbons (Fsp3) is 0.520. The normalized spacial score (nSPS) is 27.7. The van der Waals surface area contributed by atoms with Crippen molar-refractivity contribution in [3.63, 3.8) is 0 Å². The average molecular weight is 431 g/mol. The van der Waals surface area contributed by atoms with E-state index in [-0.39, 0.29) is 6.10 Å². The zero-order valence-corrected chi connectivity index (χ0v) is 18.2. The van der Waals surface area contributed by atoms with Gasteiger partial charge in [-0.2, -0.15) is 0 Å². The van der Waals surface area contributed by atoms with E-state index in [1.807, 2.05) is 24.3 Å². The van der Waals surface area contributed by atoms with Crippen LogP contribution in [-0.4, -0.2) is 34.6 Å². The maximum Gasteiger partial charge on any atom is 0.119 e. The highest BCUT2D eigenvalue weighted by molar-refractivity contribution is 6.31. The molecule has 1 saturated heterocycles. The van der Waals surface area contributed by atoms with Crippen molar-refractivity contribution in [1.82, 2.24) is 0 Å². The Kier molecular flexibility index (Phi) is 6.99. The van der Waals surface area contributed by atoms with Crippen LogP contribution in [0, 0.1) is 0 Å². The molecule has 4 unspecified atom stereocenters. The molecule has 30 heavy (non-hydrogen) atoms. The second-order valence-electron chi connectivity index (χ2n) is 8.67.